The summed E-state index contributed by atoms with van der Waals surface area (Å²) in [6.07, 6.45) is 0. The van der Waals surface area contributed by atoms with E-state index in [4.69, 9.17) is 0 Å². The first-order valence-corrected chi connectivity index (χ1v) is 8.79. The maximum atomic E-state index is 11.6. The molecule has 1 aromatic heterocycles. The lowest BCUT2D eigenvalue weighted by molar-refractivity contribution is 0.484. The van der Waals surface area contributed by atoms with Crippen molar-refractivity contribution in [2.75, 3.05) is 0 Å². The molecule has 0 atom stereocenters. The van der Waals surface area contributed by atoms with Crippen LogP contribution >= 0.6 is 0 Å². The van der Waals surface area contributed by atoms with Crippen molar-refractivity contribution >= 4 is 31.9 Å². The van der Waals surface area contributed by atoms with Crippen LogP contribution in [0.4, 0.5) is 0 Å². The number of fused-ring (bicyclic) bond motifs is 4. The largest absolute Gasteiger partial charge is 0.296 e. The lowest BCUT2D eigenvalue weighted by atomic mass is 10.0. The SMILES string of the molecule is O=S(=O)(O)c1cccc2nc3c(nc12)-c1cccc2cccc-3c12. The molecule has 0 amide bonds. The van der Waals surface area contributed by atoms with Crippen LogP contribution in [0.3, 0.4) is 0 Å². The van der Waals surface area contributed by atoms with Crippen LogP contribution in [0.15, 0.2) is 59.5 Å². The Morgan fingerprint density at radius 2 is 1.42 bits per heavy atom. The van der Waals surface area contributed by atoms with Crippen molar-refractivity contribution in [2.24, 2.45) is 0 Å². The Hall–Kier alpha value is -2.83. The molecule has 1 heterocycles. The first-order valence-electron chi connectivity index (χ1n) is 7.35. The van der Waals surface area contributed by atoms with E-state index in [1.54, 1.807) is 12.1 Å². The quantitative estimate of drug-likeness (QED) is 0.473. The number of hydrogen-bond acceptors (Lipinski definition) is 4. The van der Waals surface area contributed by atoms with Crippen LogP contribution in [0.25, 0.3) is 44.3 Å². The summed E-state index contributed by atoms with van der Waals surface area (Å²) in [4.78, 5) is 8.97. The van der Waals surface area contributed by atoms with Crippen LogP contribution in [-0.2, 0) is 10.1 Å². The highest BCUT2D eigenvalue weighted by molar-refractivity contribution is 7.86. The lowest BCUT2D eigenvalue weighted by Crippen LogP contribution is -2.02. The van der Waals surface area contributed by atoms with Crippen molar-refractivity contribution in [1.29, 1.82) is 0 Å². The van der Waals surface area contributed by atoms with Crippen LogP contribution in [0.1, 0.15) is 0 Å². The molecule has 0 saturated heterocycles. The molecule has 1 aliphatic rings. The second-order valence-electron chi connectivity index (χ2n) is 5.73. The van der Waals surface area contributed by atoms with Gasteiger partial charge in [-0.1, -0.05) is 42.5 Å². The van der Waals surface area contributed by atoms with Gasteiger partial charge in [-0.25, -0.2) is 9.97 Å². The van der Waals surface area contributed by atoms with Crippen LogP contribution in [0, 0.1) is 0 Å². The lowest BCUT2D eigenvalue weighted by Gasteiger charge is -2.06. The molecule has 0 radical (unpaired) electrons. The fraction of sp³-hybridized carbons (Fsp3) is 0. The molecule has 0 spiro atoms. The van der Waals surface area contributed by atoms with Crippen molar-refractivity contribution < 1.29 is 13.0 Å². The monoisotopic (exact) mass is 334 g/mol. The number of nitrogens with zero attached hydrogens (tertiary/aromatic N) is 2. The summed E-state index contributed by atoms with van der Waals surface area (Å²) in [7, 11) is -4.37. The molecule has 1 N–H and O–H groups in total. The molecular weight excluding hydrogens is 324 g/mol. The van der Waals surface area contributed by atoms with E-state index in [9.17, 15) is 13.0 Å². The van der Waals surface area contributed by atoms with E-state index in [0.717, 1.165) is 27.6 Å². The number of aromatic nitrogens is 2. The predicted octanol–water partition coefficient (Wildman–Crippen LogP) is 3.68. The Labute approximate surface area is 137 Å². The van der Waals surface area contributed by atoms with Crippen LogP contribution in [0.5, 0.6) is 0 Å². The van der Waals surface area contributed by atoms with Crippen molar-refractivity contribution in [3.63, 3.8) is 0 Å². The maximum Gasteiger partial charge on any atom is 0.296 e. The number of hydrogen-bond donors (Lipinski definition) is 1. The highest BCUT2D eigenvalue weighted by atomic mass is 32.2. The van der Waals surface area contributed by atoms with Crippen molar-refractivity contribution in [3.8, 4) is 22.5 Å². The fourth-order valence-electron chi connectivity index (χ4n) is 3.37. The van der Waals surface area contributed by atoms with Gasteiger partial charge in [-0.3, -0.25) is 4.55 Å². The van der Waals surface area contributed by atoms with E-state index in [-0.39, 0.29) is 10.4 Å². The summed E-state index contributed by atoms with van der Waals surface area (Å²) in [6.45, 7) is 0. The zero-order chi connectivity index (χ0) is 16.5. The maximum absolute atomic E-state index is 11.6. The molecular formula is C18H10N2O3S. The molecule has 0 fully saturated rings. The Kier molecular flexibility index (Phi) is 2.48. The first kappa shape index (κ1) is 13.6. The van der Waals surface area contributed by atoms with Gasteiger partial charge in [0.15, 0.2) is 0 Å². The van der Waals surface area contributed by atoms with Gasteiger partial charge in [0.05, 0.1) is 16.9 Å². The summed E-state index contributed by atoms with van der Waals surface area (Å²) in [6, 6.07) is 16.5. The predicted molar refractivity (Wildman–Crippen MR) is 91.3 cm³/mol. The van der Waals surface area contributed by atoms with Gasteiger partial charge >= 0.3 is 0 Å². The van der Waals surface area contributed by atoms with E-state index < -0.39 is 10.1 Å². The number of benzene rings is 3. The van der Waals surface area contributed by atoms with E-state index in [2.05, 4.69) is 9.97 Å². The summed E-state index contributed by atoms with van der Waals surface area (Å²) >= 11 is 0. The Bertz CT molecular complexity index is 1280. The molecule has 0 bridgehead atoms. The van der Waals surface area contributed by atoms with Crippen LogP contribution in [-0.4, -0.2) is 22.9 Å². The molecule has 3 aromatic carbocycles. The highest BCUT2D eigenvalue weighted by Crippen LogP contribution is 2.45. The summed E-state index contributed by atoms with van der Waals surface area (Å²) in [5.74, 6) is 0. The molecule has 0 saturated carbocycles. The Morgan fingerprint density at radius 1 is 0.792 bits per heavy atom. The summed E-state index contributed by atoms with van der Waals surface area (Å²) in [5, 5.41) is 2.16. The highest BCUT2D eigenvalue weighted by Gasteiger charge is 2.26. The second-order valence-corrected chi connectivity index (χ2v) is 7.12. The molecule has 6 heteroatoms. The van der Waals surface area contributed by atoms with Crippen LogP contribution in [0.2, 0.25) is 0 Å². The standard InChI is InChI=1S/C18H10N2O3S/c21-24(22,23)14-9-3-8-13-18(14)20-17-12-7-2-5-10-4-1-6-11(15(10)12)16(17)19-13/h1-9H,(H,21,22,23). The van der Waals surface area contributed by atoms with Crippen molar-refractivity contribution in [1.82, 2.24) is 9.97 Å². The van der Waals surface area contributed by atoms with Gasteiger partial charge < -0.3 is 0 Å². The minimum atomic E-state index is -4.37. The van der Waals surface area contributed by atoms with Gasteiger partial charge in [0.25, 0.3) is 10.1 Å². The van der Waals surface area contributed by atoms with Gasteiger partial charge in [-0.2, -0.15) is 8.42 Å². The summed E-state index contributed by atoms with van der Waals surface area (Å²) < 4.78 is 32.8. The van der Waals surface area contributed by atoms with Crippen molar-refractivity contribution in [3.05, 3.63) is 54.6 Å². The van der Waals surface area contributed by atoms with Gasteiger partial charge in [0.2, 0.25) is 0 Å². The third kappa shape index (κ3) is 1.69. The topological polar surface area (TPSA) is 80.2 Å². The van der Waals surface area contributed by atoms with Crippen molar-refractivity contribution in [2.45, 2.75) is 4.90 Å². The van der Waals surface area contributed by atoms with Gasteiger partial charge in [0, 0.05) is 16.5 Å². The van der Waals surface area contributed by atoms with Gasteiger partial charge in [-0.05, 0) is 17.5 Å². The molecule has 0 unspecified atom stereocenters. The minimum Gasteiger partial charge on any atom is -0.282 e. The van der Waals surface area contributed by atoms with Gasteiger partial charge in [0.1, 0.15) is 10.4 Å². The Morgan fingerprint density at radius 3 is 2.08 bits per heavy atom. The third-order valence-electron chi connectivity index (χ3n) is 4.35. The van der Waals surface area contributed by atoms with E-state index >= 15 is 0 Å². The van der Waals surface area contributed by atoms with E-state index in [1.807, 2.05) is 36.4 Å². The van der Waals surface area contributed by atoms with E-state index in [1.165, 1.54) is 6.07 Å². The Balaban J connectivity index is 1.97. The number of rotatable bonds is 1. The minimum absolute atomic E-state index is 0.184. The van der Waals surface area contributed by atoms with Crippen LogP contribution < -0.4 is 0 Å². The second kappa shape index (κ2) is 4.37. The molecule has 5 nitrogen and oxygen atoms in total. The third-order valence-corrected chi connectivity index (χ3v) is 5.24. The average molecular weight is 334 g/mol. The molecule has 5 rings (SSSR count). The molecule has 1 aliphatic carbocycles. The van der Waals surface area contributed by atoms with Gasteiger partial charge in [-0.15, -0.1) is 0 Å². The summed E-state index contributed by atoms with van der Waals surface area (Å²) in [5.41, 5.74) is 3.92. The average Bonchev–Trinajstić information content (AvgIpc) is 2.88. The normalized spacial score (nSPS) is 12.7. The number of para-hydroxylation sites is 1. The first-order chi connectivity index (χ1) is 11.5. The fourth-order valence-corrected chi connectivity index (χ4v) is 4.02. The molecule has 24 heavy (non-hydrogen) atoms. The van der Waals surface area contributed by atoms with E-state index in [0.29, 0.717) is 11.2 Å². The zero-order valence-corrected chi connectivity index (χ0v) is 13.1. The molecule has 4 aromatic rings. The smallest absolute Gasteiger partial charge is 0.282 e. The molecule has 116 valence electrons. The zero-order valence-electron chi connectivity index (χ0n) is 12.3. The molecule has 0 aliphatic heterocycles.